The summed E-state index contributed by atoms with van der Waals surface area (Å²) < 4.78 is 15.8. The maximum Gasteiger partial charge on any atom is 0.231 e. The molecule has 1 aromatic rings. The van der Waals surface area contributed by atoms with Crippen molar-refractivity contribution in [1.29, 1.82) is 0 Å². The first-order valence-corrected chi connectivity index (χ1v) is 8.23. The second-order valence-corrected chi connectivity index (χ2v) is 5.66. The van der Waals surface area contributed by atoms with Crippen LogP contribution in [0.15, 0.2) is 23.2 Å². The minimum Gasteiger partial charge on any atom is -0.454 e. The van der Waals surface area contributed by atoms with Crippen LogP contribution < -0.4 is 20.1 Å². The minimum atomic E-state index is 0.312. The Kier molecular flexibility index (Phi) is 7.64. The summed E-state index contributed by atoms with van der Waals surface area (Å²) in [6.07, 6.45) is 0.894. The van der Waals surface area contributed by atoms with Crippen molar-refractivity contribution in [3.63, 3.8) is 0 Å². The van der Waals surface area contributed by atoms with E-state index in [-0.39, 0.29) is 0 Å². The van der Waals surface area contributed by atoms with E-state index in [0.717, 1.165) is 56.7 Å². The van der Waals surface area contributed by atoms with Gasteiger partial charge in [-0.15, -0.1) is 0 Å². The summed E-state index contributed by atoms with van der Waals surface area (Å²) in [6, 6.07) is 6.06. The topological polar surface area (TPSA) is 67.4 Å². The van der Waals surface area contributed by atoms with E-state index in [2.05, 4.69) is 33.6 Å². The molecule has 0 saturated carbocycles. The first kappa shape index (κ1) is 18.4. The number of methoxy groups -OCH3 is 1. The fraction of sp³-hybridized carbons (Fsp3) is 0.588. The Morgan fingerprint density at radius 1 is 1.21 bits per heavy atom. The molecule has 24 heavy (non-hydrogen) atoms. The zero-order chi connectivity index (χ0) is 17.2. The highest BCUT2D eigenvalue weighted by Gasteiger charge is 2.12. The first-order valence-electron chi connectivity index (χ1n) is 8.23. The van der Waals surface area contributed by atoms with E-state index in [1.807, 2.05) is 12.1 Å². The first-order chi connectivity index (χ1) is 11.7. The van der Waals surface area contributed by atoms with Crippen LogP contribution in [-0.2, 0) is 11.2 Å². The number of nitrogens with one attached hydrogen (secondary N) is 2. The average molecular weight is 336 g/mol. The molecule has 7 heteroatoms. The second kappa shape index (κ2) is 10.00. The third-order valence-corrected chi connectivity index (χ3v) is 3.83. The van der Waals surface area contributed by atoms with Crippen molar-refractivity contribution >= 4 is 5.96 Å². The van der Waals surface area contributed by atoms with E-state index in [9.17, 15) is 0 Å². The van der Waals surface area contributed by atoms with Crippen LogP contribution in [0.3, 0.4) is 0 Å². The van der Waals surface area contributed by atoms with Gasteiger partial charge in [0.15, 0.2) is 17.5 Å². The smallest absolute Gasteiger partial charge is 0.231 e. The van der Waals surface area contributed by atoms with Gasteiger partial charge < -0.3 is 29.7 Å². The highest BCUT2D eigenvalue weighted by Crippen LogP contribution is 2.32. The van der Waals surface area contributed by atoms with E-state index >= 15 is 0 Å². The Morgan fingerprint density at radius 3 is 2.79 bits per heavy atom. The lowest BCUT2D eigenvalue weighted by molar-refractivity contribution is 0.162. The molecule has 7 nitrogen and oxygen atoms in total. The van der Waals surface area contributed by atoms with Gasteiger partial charge in [-0.25, -0.2) is 0 Å². The lowest BCUT2D eigenvalue weighted by atomic mass is 10.1. The standard InChI is InChI=1S/C17H28N4O3/c1-18-17(20-8-9-21(2)10-11-22-3)19-7-6-14-4-5-15-16(12-14)24-13-23-15/h4-5,12H,6-11,13H2,1-3H3,(H2,18,19,20). The van der Waals surface area contributed by atoms with Crippen molar-refractivity contribution in [2.75, 3.05) is 60.8 Å². The largest absolute Gasteiger partial charge is 0.454 e. The fourth-order valence-electron chi connectivity index (χ4n) is 2.37. The minimum absolute atomic E-state index is 0.312. The van der Waals surface area contributed by atoms with E-state index < -0.39 is 0 Å². The molecule has 0 aliphatic carbocycles. The molecule has 2 N–H and O–H groups in total. The molecule has 0 saturated heterocycles. The molecule has 0 bridgehead atoms. The van der Waals surface area contributed by atoms with Crippen LogP contribution in [0, 0.1) is 0 Å². The molecule has 0 fully saturated rings. The van der Waals surface area contributed by atoms with Crippen LogP contribution in [0.25, 0.3) is 0 Å². The zero-order valence-electron chi connectivity index (χ0n) is 14.8. The monoisotopic (exact) mass is 336 g/mol. The van der Waals surface area contributed by atoms with Crippen molar-refractivity contribution in [1.82, 2.24) is 15.5 Å². The number of guanidine groups is 1. The maximum absolute atomic E-state index is 5.40. The Labute approximate surface area is 144 Å². The van der Waals surface area contributed by atoms with Crippen molar-refractivity contribution in [2.24, 2.45) is 4.99 Å². The maximum atomic E-state index is 5.40. The molecular formula is C17H28N4O3. The van der Waals surface area contributed by atoms with Gasteiger partial charge in [-0.05, 0) is 31.2 Å². The molecule has 134 valence electrons. The Bertz CT molecular complexity index is 537. The summed E-state index contributed by atoms with van der Waals surface area (Å²) in [6.45, 7) is 4.56. The van der Waals surface area contributed by atoms with Crippen molar-refractivity contribution < 1.29 is 14.2 Å². The van der Waals surface area contributed by atoms with Crippen LogP contribution in [0.2, 0.25) is 0 Å². The Balaban J connectivity index is 1.64. The van der Waals surface area contributed by atoms with E-state index in [4.69, 9.17) is 14.2 Å². The van der Waals surface area contributed by atoms with Gasteiger partial charge in [0, 0.05) is 40.3 Å². The van der Waals surface area contributed by atoms with Crippen LogP contribution in [0.4, 0.5) is 0 Å². The number of hydrogen-bond acceptors (Lipinski definition) is 5. The SMILES string of the molecule is CN=C(NCCc1ccc2c(c1)OCO2)NCCN(C)CCOC. The van der Waals surface area contributed by atoms with Gasteiger partial charge in [0.25, 0.3) is 0 Å². The summed E-state index contributed by atoms with van der Waals surface area (Å²) >= 11 is 0. The molecule has 0 amide bonds. The molecule has 0 spiro atoms. The molecule has 1 aliphatic heterocycles. The van der Waals surface area contributed by atoms with Crippen molar-refractivity contribution in [3.8, 4) is 11.5 Å². The summed E-state index contributed by atoms with van der Waals surface area (Å²) in [5.74, 6) is 2.46. The number of hydrogen-bond donors (Lipinski definition) is 2. The number of nitrogens with zero attached hydrogens (tertiary/aromatic N) is 2. The molecule has 0 radical (unpaired) electrons. The number of fused-ring (bicyclic) bond motifs is 1. The predicted octanol–water partition coefficient (Wildman–Crippen LogP) is 0.701. The fourth-order valence-corrected chi connectivity index (χ4v) is 2.37. The summed E-state index contributed by atoms with van der Waals surface area (Å²) in [7, 11) is 5.58. The normalized spacial score (nSPS) is 13.4. The van der Waals surface area contributed by atoms with Crippen LogP contribution >= 0.6 is 0 Å². The van der Waals surface area contributed by atoms with Crippen molar-refractivity contribution in [3.05, 3.63) is 23.8 Å². The molecule has 1 aliphatic rings. The van der Waals surface area contributed by atoms with Gasteiger partial charge >= 0.3 is 0 Å². The predicted molar refractivity (Wildman–Crippen MR) is 95.0 cm³/mol. The highest BCUT2D eigenvalue weighted by atomic mass is 16.7. The number of ether oxygens (including phenoxy) is 3. The number of likely N-dealkylation sites (N-methyl/N-ethyl adjacent to an activating group) is 1. The number of rotatable bonds is 9. The van der Waals surface area contributed by atoms with Crippen LogP contribution in [0.1, 0.15) is 5.56 Å². The second-order valence-electron chi connectivity index (χ2n) is 5.66. The average Bonchev–Trinajstić information content (AvgIpc) is 3.06. The summed E-state index contributed by atoms with van der Waals surface area (Å²) in [5.41, 5.74) is 1.21. The molecule has 0 unspecified atom stereocenters. The Hall–Kier alpha value is -1.99. The van der Waals surface area contributed by atoms with E-state index in [0.29, 0.717) is 6.79 Å². The molecule has 2 rings (SSSR count). The summed E-state index contributed by atoms with van der Waals surface area (Å²) in [5, 5.41) is 6.64. The third-order valence-electron chi connectivity index (χ3n) is 3.83. The van der Waals surface area contributed by atoms with Crippen LogP contribution in [0.5, 0.6) is 11.5 Å². The van der Waals surface area contributed by atoms with Gasteiger partial charge in [0.05, 0.1) is 6.61 Å². The molecule has 1 heterocycles. The summed E-state index contributed by atoms with van der Waals surface area (Å²) in [4.78, 5) is 6.46. The van der Waals surface area contributed by atoms with Gasteiger partial charge in [-0.2, -0.15) is 0 Å². The number of aliphatic imine (C=N–C) groups is 1. The molecule has 1 aromatic carbocycles. The van der Waals surface area contributed by atoms with Crippen LogP contribution in [-0.4, -0.2) is 71.6 Å². The zero-order valence-corrected chi connectivity index (χ0v) is 14.8. The lowest BCUT2D eigenvalue weighted by Crippen LogP contribution is -2.42. The number of benzene rings is 1. The van der Waals surface area contributed by atoms with E-state index in [1.165, 1.54) is 5.56 Å². The van der Waals surface area contributed by atoms with Gasteiger partial charge in [0.2, 0.25) is 6.79 Å². The quantitative estimate of drug-likeness (QED) is 0.511. The van der Waals surface area contributed by atoms with Gasteiger partial charge in [0.1, 0.15) is 0 Å². The van der Waals surface area contributed by atoms with Crippen molar-refractivity contribution in [2.45, 2.75) is 6.42 Å². The Morgan fingerprint density at radius 2 is 2.00 bits per heavy atom. The van der Waals surface area contributed by atoms with Gasteiger partial charge in [-0.3, -0.25) is 4.99 Å². The molecule has 0 aromatic heterocycles. The molecule has 0 atom stereocenters. The van der Waals surface area contributed by atoms with Gasteiger partial charge in [-0.1, -0.05) is 6.07 Å². The highest BCUT2D eigenvalue weighted by molar-refractivity contribution is 5.79. The molecular weight excluding hydrogens is 308 g/mol. The third kappa shape index (κ3) is 5.90. The van der Waals surface area contributed by atoms with E-state index in [1.54, 1.807) is 14.2 Å². The lowest BCUT2D eigenvalue weighted by Gasteiger charge is -2.17.